The van der Waals surface area contributed by atoms with E-state index in [9.17, 15) is 0 Å². The van der Waals surface area contributed by atoms with Crippen molar-refractivity contribution in [1.29, 1.82) is 0 Å². The number of nitrogens with one attached hydrogen (secondary N) is 1. The highest BCUT2D eigenvalue weighted by Gasteiger charge is 2.21. The molecule has 2 fully saturated rings. The van der Waals surface area contributed by atoms with E-state index in [1.807, 2.05) is 0 Å². The van der Waals surface area contributed by atoms with Gasteiger partial charge in [0.05, 0.1) is 6.61 Å². The van der Waals surface area contributed by atoms with Gasteiger partial charge in [0.15, 0.2) is 0 Å². The van der Waals surface area contributed by atoms with Crippen LogP contribution in [0.25, 0.3) is 0 Å². The second-order valence-electron chi connectivity index (χ2n) is 6.14. The molecule has 2 aliphatic rings. The minimum Gasteiger partial charge on any atom is -0.381 e. The predicted molar refractivity (Wildman–Crippen MR) is 71.2 cm³/mol. The van der Waals surface area contributed by atoms with E-state index in [0.717, 1.165) is 44.1 Å². The van der Waals surface area contributed by atoms with E-state index >= 15 is 0 Å². The first-order chi connectivity index (χ1) is 8.24. The van der Waals surface area contributed by atoms with Gasteiger partial charge in [0.2, 0.25) is 0 Å². The smallest absolute Gasteiger partial charge is 0.0507 e. The van der Waals surface area contributed by atoms with Gasteiger partial charge in [0.25, 0.3) is 0 Å². The minimum atomic E-state index is 0.759. The van der Waals surface area contributed by atoms with Crippen molar-refractivity contribution >= 4 is 0 Å². The molecule has 2 aliphatic heterocycles. The van der Waals surface area contributed by atoms with E-state index in [1.165, 1.54) is 32.5 Å². The monoisotopic (exact) mass is 240 g/mol. The lowest BCUT2D eigenvalue weighted by atomic mass is 9.92. The Kier molecular flexibility index (Phi) is 5.26. The first kappa shape index (κ1) is 13.3. The summed E-state index contributed by atoms with van der Waals surface area (Å²) in [5, 5.41) is 3.58. The first-order valence-electron chi connectivity index (χ1n) is 7.25. The predicted octanol–water partition coefficient (Wildman–Crippen LogP) is 1.59. The molecule has 3 atom stereocenters. The van der Waals surface area contributed by atoms with E-state index in [4.69, 9.17) is 4.74 Å². The fraction of sp³-hybridized carbons (Fsp3) is 1.00. The van der Waals surface area contributed by atoms with Crippen molar-refractivity contribution in [1.82, 2.24) is 10.2 Å². The zero-order valence-electron chi connectivity index (χ0n) is 11.5. The van der Waals surface area contributed by atoms with Gasteiger partial charge in [-0.15, -0.1) is 0 Å². The Morgan fingerprint density at radius 3 is 2.65 bits per heavy atom. The Bertz CT molecular complexity index is 206. The van der Waals surface area contributed by atoms with Crippen LogP contribution >= 0.6 is 0 Å². The molecule has 3 heteroatoms. The second-order valence-corrected chi connectivity index (χ2v) is 6.14. The zero-order valence-corrected chi connectivity index (χ0v) is 11.5. The van der Waals surface area contributed by atoms with Crippen LogP contribution < -0.4 is 5.32 Å². The molecule has 1 N–H and O–H groups in total. The van der Waals surface area contributed by atoms with Crippen molar-refractivity contribution in [2.24, 2.45) is 17.8 Å². The van der Waals surface area contributed by atoms with Gasteiger partial charge in [-0.25, -0.2) is 0 Å². The van der Waals surface area contributed by atoms with Crippen LogP contribution in [0.2, 0.25) is 0 Å². The average molecular weight is 240 g/mol. The van der Waals surface area contributed by atoms with Crippen LogP contribution in [-0.2, 0) is 4.74 Å². The highest BCUT2D eigenvalue weighted by molar-refractivity contribution is 4.75. The summed E-state index contributed by atoms with van der Waals surface area (Å²) < 4.78 is 5.38. The quantitative estimate of drug-likeness (QED) is 0.739. The third-order valence-electron chi connectivity index (χ3n) is 4.01. The number of hydrogen-bond donors (Lipinski definition) is 1. The molecule has 2 saturated heterocycles. The molecule has 0 aromatic carbocycles. The Labute approximate surface area is 106 Å². The van der Waals surface area contributed by atoms with Crippen molar-refractivity contribution < 1.29 is 4.74 Å². The molecule has 0 aliphatic carbocycles. The second kappa shape index (κ2) is 6.72. The topological polar surface area (TPSA) is 24.5 Å². The number of ether oxygens (including phenoxy) is 1. The maximum Gasteiger partial charge on any atom is 0.0507 e. The van der Waals surface area contributed by atoms with Gasteiger partial charge in [-0.3, -0.25) is 0 Å². The largest absolute Gasteiger partial charge is 0.381 e. The Hall–Kier alpha value is -0.120. The van der Waals surface area contributed by atoms with Gasteiger partial charge in [-0.05, 0) is 30.6 Å². The number of nitrogens with zero attached hydrogens (tertiary/aromatic N) is 1. The minimum absolute atomic E-state index is 0.759. The van der Waals surface area contributed by atoms with Crippen molar-refractivity contribution in [3.63, 3.8) is 0 Å². The number of rotatable bonds is 5. The van der Waals surface area contributed by atoms with Crippen molar-refractivity contribution in [2.75, 3.05) is 45.9 Å². The molecule has 2 rings (SSSR count). The summed E-state index contributed by atoms with van der Waals surface area (Å²) in [4.78, 5) is 2.62. The average Bonchev–Trinajstić information content (AvgIpc) is 2.76. The summed E-state index contributed by atoms with van der Waals surface area (Å²) in [6, 6.07) is 0. The first-order valence-corrected chi connectivity index (χ1v) is 7.25. The summed E-state index contributed by atoms with van der Waals surface area (Å²) in [6.45, 7) is 12.8. The molecule has 100 valence electrons. The Morgan fingerprint density at radius 2 is 2.00 bits per heavy atom. The van der Waals surface area contributed by atoms with Gasteiger partial charge < -0.3 is 15.0 Å². The van der Waals surface area contributed by atoms with Crippen molar-refractivity contribution in [3.05, 3.63) is 0 Å². The lowest BCUT2D eigenvalue weighted by molar-refractivity contribution is 0.141. The molecule has 0 aromatic heterocycles. The third-order valence-corrected chi connectivity index (χ3v) is 4.01. The molecule has 0 saturated carbocycles. The number of hydrogen-bond acceptors (Lipinski definition) is 3. The van der Waals surface area contributed by atoms with Gasteiger partial charge >= 0.3 is 0 Å². The van der Waals surface area contributed by atoms with Crippen LogP contribution in [0, 0.1) is 17.8 Å². The van der Waals surface area contributed by atoms with Gasteiger partial charge in [-0.1, -0.05) is 13.8 Å². The SMILES string of the molecule is CC1CC(C)CN(CCNCC2CCOC2)C1. The standard InChI is InChI=1S/C14H28N2O/c1-12-7-13(2)10-16(9-12)5-4-15-8-14-3-6-17-11-14/h12-15H,3-11H2,1-2H3. The van der Waals surface area contributed by atoms with Gasteiger partial charge in [-0.2, -0.15) is 0 Å². The molecular weight excluding hydrogens is 212 g/mol. The van der Waals surface area contributed by atoms with Crippen molar-refractivity contribution in [2.45, 2.75) is 26.7 Å². The fourth-order valence-corrected chi connectivity index (χ4v) is 3.26. The number of likely N-dealkylation sites (tertiary alicyclic amines) is 1. The maximum atomic E-state index is 5.38. The highest BCUT2D eigenvalue weighted by Crippen LogP contribution is 2.20. The molecule has 0 radical (unpaired) electrons. The van der Waals surface area contributed by atoms with E-state index in [2.05, 4.69) is 24.1 Å². The molecule has 0 aromatic rings. The molecule has 0 amide bonds. The van der Waals surface area contributed by atoms with Crippen LogP contribution in [-0.4, -0.2) is 50.8 Å². The molecule has 3 unspecified atom stereocenters. The van der Waals surface area contributed by atoms with Crippen LogP contribution in [0.4, 0.5) is 0 Å². The zero-order chi connectivity index (χ0) is 12.1. The van der Waals surface area contributed by atoms with Crippen LogP contribution in [0.3, 0.4) is 0 Å². The third kappa shape index (κ3) is 4.57. The Morgan fingerprint density at radius 1 is 1.24 bits per heavy atom. The molecule has 17 heavy (non-hydrogen) atoms. The van der Waals surface area contributed by atoms with Gasteiger partial charge in [0.1, 0.15) is 0 Å². The van der Waals surface area contributed by atoms with Gasteiger partial charge in [0, 0.05) is 39.3 Å². The lowest BCUT2D eigenvalue weighted by Crippen LogP contribution is -2.42. The van der Waals surface area contributed by atoms with E-state index in [-0.39, 0.29) is 0 Å². The van der Waals surface area contributed by atoms with E-state index < -0.39 is 0 Å². The molecule has 0 spiro atoms. The summed E-state index contributed by atoms with van der Waals surface area (Å²) in [6.07, 6.45) is 2.65. The lowest BCUT2D eigenvalue weighted by Gasteiger charge is -2.35. The Balaban J connectivity index is 1.54. The fourth-order valence-electron chi connectivity index (χ4n) is 3.26. The van der Waals surface area contributed by atoms with Crippen molar-refractivity contribution in [3.8, 4) is 0 Å². The van der Waals surface area contributed by atoms with Crippen LogP contribution in [0.5, 0.6) is 0 Å². The summed E-state index contributed by atoms with van der Waals surface area (Å²) in [5.74, 6) is 2.51. The van der Waals surface area contributed by atoms with E-state index in [1.54, 1.807) is 0 Å². The summed E-state index contributed by atoms with van der Waals surface area (Å²) in [7, 11) is 0. The van der Waals surface area contributed by atoms with E-state index in [0.29, 0.717) is 0 Å². The summed E-state index contributed by atoms with van der Waals surface area (Å²) in [5.41, 5.74) is 0. The number of piperidine rings is 1. The van der Waals surface area contributed by atoms with Crippen LogP contribution in [0.15, 0.2) is 0 Å². The molecule has 2 heterocycles. The molecular formula is C14H28N2O. The highest BCUT2D eigenvalue weighted by atomic mass is 16.5. The summed E-state index contributed by atoms with van der Waals surface area (Å²) >= 11 is 0. The molecule has 3 nitrogen and oxygen atoms in total. The maximum absolute atomic E-state index is 5.38. The normalized spacial score (nSPS) is 35.3. The molecule has 0 bridgehead atoms. The van der Waals surface area contributed by atoms with Crippen LogP contribution in [0.1, 0.15) is 26.7 Å².